The van der Waals surface area contributed by atoms with Gasteiger partial charge in [-0.15, -0.1) is 0 Å². The molecule has 0 aromatic heterocycles. The molecule has 0 spiro atoms. The summed E-state index contributed by atoms with van der Waals surface area (Å²) in [5.74, 6) is -0.0411. The summed E-state index contributed by atoms with van der Waals surface area (Å²) >= 11 is 15.3. The lowest BCUT2D eigenvalue weighted by Crippen LogP contribution is -2.48. The standard InChI is InChI=1S/C10H9BrCl2N2O/c11-6-1-7(12)9(8(13)2-6)15-10(16)5-3-14-4-5/h1-2,5,14H,3-4H2,(H,15,16). The van der Waals surface area contributed by atoms with Gasteiger partial charge in [-0.25, -0.2) is 0 Å². The maximum absolute atomic E-state index is 11.7. The van der Waals surface area contributed by atoms with Crippen molar-refractivity contribution in [2.75, 3.05) is 18.4 Å². The lowest BCUT2D eigenvalue weighted by atomic mass is 10.0. The highest BCUT2D eigenvalue weighted by Crippen LogP contribution is 2.34. The maximum Gasteiger partial charge on any atom is 0.230 e. The van der Waals surface area contributed by atoms with Gasteiger partial charge in [-0.05, 0) is 12.1 Å². The molecule has 1 fully saturated rings. The predicted molar refractivity (Wildman–Crippen MR) is 69.2 cm³/mol. The highest BCUT2D eigenvalue weighted by atomic mass is 79.9. The van der Waals surface area contributed by atoms with Crippen LogP contribution in [0.5, 0.6) is 0 Å². The van der Waals surface area contributed by atoms with Crippen molar-refractivity contribution >= 4 is 50.7 Å². The van der Waals surface area contributed by atoms with Gasteiger partial charge in [0.05, 0.1) is 21.7 Å². The van der Waals surface area contributed by atoms with Crippen molar-refractivity contribution in [1.82, 2.24) is 5.32 Å². The van der Waals surface area contributed by atoms with E-state index in [1.807, 2.05) is 0 Å². The molecule has 1 aromatic carbocycles. The van der Waals surface area contributed by atoms with E-state index in [4.69, 9.17) is 23.2 Å². The van der Waals surface area contributed by atoms with Crippen LogP contribution in [0, 0.1) is 5.92 Å². The Kier molecular flexibility index (Phi) is 3.74. The van der Waals surface area contributed by atoms with Crippen LogP contribution in [0.25, 0.3) is 0 Å². The average Bonchev–Trinajstić information content (AvgIpc) is 2.08. The Labute approximate surface area is 112 Å². The van der Waals surface area contributed by atoms with Crippen LogP contribution in [0.15, 0.2) is 16.6 Å². The fourth-order valence-electron chi connectivity index (χ4n) is 1.36. The van der Waals surface area contributed by atoms with Gasteiger partial charge in [-0.3, -0.25) is 4.79 Å². The monoisotopic (exact) mass is 322 g/mol. The third-order valence-corrected chi connectivity index (χ3v) is 3.46. The minimum absolute atomic E-state index is 0.00998. The topological polar surface area (TPSA) is 41.1 Å². The summed E-state index contributed by atoms with van der Waals surface area (Å²) in [4.78, 5) is 11.7. The van der Waals surface area contributed by atoms with E-state index in [1.54, 1.807) is 12.1 Å². The normalized spacial score (nSPS) is 15.7. The van der Waals surface area contributed by atoms with Crippen LogP contribution in [0.1, 0.15) is 0 Å². The molecule has 1 amide bonds. The first-order valence-corrected chi connectivity index (χ1v) is 6.29. The number of carbonyl (C=O) groups is 1. The van der Waals surface area contributed by atoms with Crippen LogP contribution in [-0.4, -0.2) is 19.0 Å². The van der Waals surface area contributed by atoms with Crippen LogP contribution >= 0.6 is 39.1 Å². The smallest absolute Gasteiger partial charge is 0.230 e. The van der Waals surface area contributed by atoms with Crippen molar-refractivity contribution in [2.45, 2.75) is 0 Å². The second kappa shape index (κ2) is 4.92. The third-order valence-electron chi connectivity index (χ3n) is 2.41. The van der Waals surface area contributed by atoms with Crippen molar-refractivity contribution in [3.8, 4) is 0 Å². The molecule has 86 valence electrons. The van der Waals surface area contributed by atoms with Gasteiger partial charge in [0.2, 0.25) is 5.91 Å². The molecule has 16 heavy (non-hydrogen) atoms. The second-order valence-electron chi connectivity index (χ2n) is 3.59. The van der Waals surface area contributed by atoms with Gasteiger partial charge >= 0.3 is 0 Å². The second-order valence-corrected chi connectivity index (χ2v) is 5.32. The first kappa shape index (κ1) is 12.2. The predicted octanol–water partition coefficient (Wildman–Crippen LogP) is 2.91. The number of amides is 1. The van der Waals surface area contributed by atoms with Crippen LogP contribution in [0.4, 0.5) is 5.69 Å². The maximum atomic E-state index is 11.7. The number of anilines is 1. The van der Waals surface area contributed by atoms with Crippen LogP contribution in [0.3, 0.4) is 0 Å². The zero-order chi connectivity index (χ0) is 11.7. The molecule has 1 aliphatic heterocycles. The van der Waals surface area contributed by atoms with Crippen LogP contribution in [0.2, 0.25) is 10.0 Å². The molecule has 6 heteroatoms. The largest absolute Gasteiger partial charge is 0.323 e. The molecule has 0 atom stereocenters. The van der Waals surface area contributed by atoms with Crippen molar-refractivity contribution < 1.29 is 4.79 Å². The molecule has 1 heterocycles. The molecule has 1 aliphatic rings. The molecule has 3 nitrogen and oxygen atoms in total. The van der Waals surface area contributed by atoms with E-state index >= 15 is 0 Å². The van der Waals surface area contributed by atoms with Gasteiger partial charge in [-0.2, -0.15) is 0 Å². The highest BCUT2D eigenvalue weighted by molar-refractivity contribution is 9.10. The number of halogens is 3. The molecule has 0 saturated carbocycles. The zero-order valence-electron chi connectivity index (χ0n) is 8.19. The highest BCUT2D eigenvalue weighted by Gasteiger charge is 2.25. The molecular weight excluding hydrogens is 315 g/mol. The van der Waals surface area contributed by atoms with E-state index in [1.165, 1.54) is 0 Å². The number of nitrogens with one attached hydrogen (secondary N) is 2. The van der Waals surface area contributed by atoms with Crippen LogP contribution < -0.4 is 10.6 Å². The average molecular weight is 324 g/mol. The van der Waals surface area contributed by atoms with Gasteiger partial charge in [0.15, 0.2) is 0 Å². The Morgan fingerprint density at radius 3 is 2.38 bits per heavy atom. The van der Waals surface area contributed by atoms with Gasteiger partial charge in [0, 0.05) is 17.6 Å². The fraction of sp³-hybridized carbons (Fsp3) is 0.300. The fourth-order valence-corrected chi connectivity index (χ4v) is 2.66. The molecule has 2 rings (SSSR count). The summed E-state index contributed by atoms with van der Waals surface area (Å²) in [6.45, 7) is 1.41. The van der Waals surface area contributed by atoms with Crippen molar-refractivity contribution in [1.29, 1.82) is 0 Å². The summed E-state index contributed by atoms with van der Waals surface area (Å²) in [6, 6.07) is 3.39. The van der Waals surface area contributed by atoms with Gasteiger partial charge in [0.1, 0.15) is 0 Å². The van der Waals surface area contributed by atoms with Crippen molar-refractivity contribution in [3.63, 3.8) is 0 Å². The molecule has 0 bridgehead atoms. The van der Waals surface area contributed by atoms with Gasteiger partial charge in [-0.1, -0.05) is 39.1 Å². The van der Waals surface area contributed by atoms with E-state index < -0.39 is 0 Å². The Hall–Kier alpha value is -0.290. The molecular formula is C10H9BrCl2N2O. The van der Waals surface area contributed by atoms with Crippen LogP contribution in [-0.2, 0) is 4.79 Å². The molecule has 0 aliphatic carbocycles. The van der Waals surface area contributed by atoms with Crippen molar-refractivity contribution in [2.24, 2.45) is 5.92 Å². The molecule has 0 radical (unpaired) electrons. The number of hydrogen-bond donors (Lipinski definition) is 2. The first-order valence-electron chi connectivity index (χ1n) is 4.74. The molecule has 1 aromatic rings. The lowest BCUT2D eigenvalue weighted by Gasteiger charge is -2.26. The molecule has 0 unspecified atom stereocenters. The number of hydrogen-bond acceptors (Lipinski definition) is 2. The summed E-state index contributed by atoms with van der Waals surface area (Å²) in [7, 11) is 0. The minimum Gasteiger partial charge on any atom is -0.323 e. The van der Waals surface area contributed by atoms with Gasteiger partial charge < -0.3 is 10.6 Å². The van der Waals surface area contributed by atoms with E-state index in [-0.39, 0.29) is 11.8 Å². The summed E-state index contributed by atoms with van der Waals surface area (Å²) in [5, 5.41) is 6.64. The quantitative estimate of drug-likeness (QED) is 0.878. The number of carbonyl (C=O) groups excluding carboxylic acids is 1. The minimum atomic E-state index is -0.0510. The summed E-state index contributed by atoms with van der Waals surface area (Å²) in [6.07, 6.45) is 0. The Bertz CT molecular complexity index is 412. The lowest BCUT2D eigenvalue weighted by molar-refractivity contribution is -0.121. The SMILES string of the molecule is O=C(Nc1c(Cl)cc(Br)cc1Cl)C1CNC1. The summed E-state index contributed by atoms with van der Waals surface area (Å²) < 4.78 is 0.783. The van der Waals surface area contributed by atoms with E-state index in [2.05, 4.69) is 26.6 Å². The Morgan fingerprint density at radius 1 is 1.38 bits per heavy atom. The van der Waals surface area contributed by atoms with Gasteiger partial charge in [0.25, 0.3) is 0 Å². The Balaban J connectivity index is 2.17. The number of benzene rings is 1. The Morgan fingerprint density at radius 2 is 1.94 bits per heavy atom. The summed E-state index contributed by atoms with van der Waals surface area (Å²) in [5.41, 5.74) is 0.475. The van der Waals surface area contributed by atoms with E-state index in [0.29, 0.717) is 28.8 Å². The number of rotatable bonds is 2. The van der Waals surface area contributed by atoms with E-state index in [9.17, 15) is 4.79 Å². The third kappa shape index (κ3) is 2.51. The zero-order valence-corrected chi connectivity index (χ0v) is 11.3. The molecule has 1 saturated heterocycles. The molecule has 2 N–H and O–H groups in total. The first-order chi connectivity index (χ1) is 7.58. The van der Waals surface area contributed by atoms with Crippen molar-refractivity contribution in [3.05, 3.63) is 26.7 Å². The van der Waals surface area contributed by atoms with E-state index in [0.717, 1.165) is 4.47 Å².